The normalized spacial score (nSPS) is 17.9. The van der Waals surface area contributed by atoms with Gasteiger partial charge in [-0.3, -0.25) is 4.79 Å². The number of carbonyl (C=O) groups is 2. The van der Waals surface area contributed by atoms with Crippen LogP contribution in [0.1, 0.15) is 52.9 Å². The van der Waals surface area contributed by atoms with Crippen LogP contribution in [-0.2, 0) is 4.79 Å². The number of nitrogens with one attached hydrogen (secondary N) is 2. The molecule has 1 aliphatic carbocycles. The number of carboxylic acids is 1. The van der Waals surface area contributed by atoms with Gasteiger partial charge in [0.25, 0.3) is 0 Å². The van der Waals surface area contributed by atoms with Gasteiger partial charge >= 0.3 is 12.0 Å². The fourth-order valence-electron chi connectivity index (χ4n) is 2.55. The summed E-state index contributed by atoms with van der Waals surface area (Å²) < 4.78 is 0. The predicted molar refractivity (Wildman–Crippen MR) is 74.0 cm³/mol. The van der Waals surface area contributed by atoms with E-state index >= 15 is 0 Å². The van der Waals surface area contributed by atoms with Crippen molar-refractivity contribution >= 4 is 12.0 Å². The van der Waals surface area contributed by atoms with Gasteiger partial charge in [-0.1, -0.05) is 26.7 Å². The molecule has 0 aromatic rings. The number of carboxylic acid groups (broad SMARTS) is 1. The summed E-state index contributed by atoms with van der Waals surface area (Å²) in [5.41, 5.74) is 0. The predicted octanol–water partition coefficient (Wildman–Crippen LogP) is 2.36. The van der Waals surface area contributed by atoms with Crippen molar-refractivity contribution in [2.45, 2.75) is 65.0 Å². The van der Waals surface area contributed by atoms with Crippen molar-refractivity contribution in [3.05, 3.63) is 0 Å². The number of amides is 2. The lowest BCUT2D eigenvalue weighted by molar-refractivity contribution is -0.137. The summed E-state index contributed by atoms with van der Waals surface area (Å²) in [5.74, 6) is -0.0554. The topological polar surface area (TPSA) is 78.4 Å². The molecule has 1 saturated carbocycles. The Bertz CT molecular complexity index is 312. The summed E-state index contributed by atoms with van der Waals surface area (Å²) >= 11 is 0. The van der Waals surface area contributed by atoms with Crippen LogP contribution < -0.4 is 10.6 Å². The molecular weight excluding hydrogens is 244 g/mol. The fraction of sp³-hybridized carbons (Fsp3) is 0.857. The molecule has 0 heterocycles. The second kappa shape index (κ2) is 7.36. The minimum atomic E-state index is -0.856. The van der Waals surface area contributed by atoms with Gasteiger partial charge in [0, 0.05) is 12.1 Å². The fourth-order valence-corrected chi connectivity index (χ4v) is 2.55. The van der Waals surface area contributed by atoms with E-state index in [0.29, 0.717) is 11.8 Å². The second-order valence-electron chi connectivity index (χ2n) is 5.52. The third-order valence-electron chi connectivity index (χ3n) is 4.02. The third-order valence-corrected chi connectivity index (χ3v) is 4.02. The molecule has 5 nitrogen and oxygen atoms in total. The van der Waals surface area contributed by atoms with E-state index in [4.69, 9.17) is 5.11 Å². The lowest BCUT2D eigenvalue weighted by Crippen LogP contribution is -2.48. The first-order valence-electron chi connectivity index (χ1n) is 7.26. The van der Waals surface area contributed by atoms with Crippen molar-refractivity contribution < 1.29 is 14.7 Å². The zero-order chi connectivity index (χ0) is 14.4. The van der Waals surface area contributed by atoms with Crippen molar-refractivity contribution in [3.63, 3.8) is 0 Å². The quantitative estimate of drug-likeness (QED) is 0.633. The Balaban J connectivity index is 2.41. The highest BCUT2D eigenvalue weighted by molar-refractivity contribution is 5.76. The Morgan fingerprint density at radius 3 is 2.21 bits per heavy atom. The van der Waals surface area contributed by atoms with Gasteiger partial charge in [0.15, 0.2) is 0 Å². The first kappa shape index (κ1) is 15.8. The Kier molecular flexibility index (Phi) is 6.12. The van der Waals surface area contributed by atoms with Crippen molar-refractivity contribution in [1.29, 1.82) is 0 Å². The van der Waals surface area contributed by atoms with Crippen molar-refractivity contribution in [2.24, 2.45) is 11.8 Å². The zero-order valence-corrected chi connectivity index (χ0v) is 12.1. The molecule has 0 bridgehead atoms. The molecule has 0 radical (unpaired) electrons. The van der Waals surface area contributed by atoms with Crippen LogP contribution in [0.5, 0.6) is 0 Å². The molecule has 0 saturated heterocycles. The van der Waals surface area contributed by atoms with E-state index in [1.807, 2.05) is 6.92 Å². The summed E-state index contributed by atoms with van der Waals surface area (Å²) in [5, 5.41) is 14.6. The van der Waals surface area contributed by atoms with E-state index in [1.54, 1.807) is 0 Å². The van der Waals surface area contributed by atoms with Gasteiger partial charge in [0.2, 0.25) is 0 Å². The molecule has 1 aliphatic rings. The van der Waals surface area contributed by atoms with Gasteiger partial charge in [-0.2, -0.15) is 0 Å². The molecule has 1 fully saturated rings. The van der Waals surface area contributed by atoms with Crippen LogP contribution in [0.2, 0.25) is 0 Å². The number of rotatable bonds is 8. The first-order valence-corrected chi connectivity index (χ1v) is 7.26. The lowest BCUT2D eigenvalue weighted by atomic mass is 9.96. The molecule has 110 valence electrons. The maximum Gasteiger partial charge on any atom is 0.315 e. The van der Waals surface area contributed by atoms with Crippen molar-refractivity contribution in [2.75, 3.05) is 0 Å². The lowest BCUT2D eigenvalue weighted by Gasteiger charge is -2.24. The molecule has 0 aromatic heterocycles. The number of aliphatic carboxylic acids is 1. The minimum absolute atomic E-state index is 0.0114. The molecule has 3 N–H and O–H groups in total. The summed E-state index contributed by atoms with van der Waals surface area (Å²) in [6.07, 6.45) is 4.09. The smallest absolute Gasteiger partial charge is 0.315 e. The standard InChI is InChI=1S/C14H26N2O3/c1-4-10(5-2)9(3)15-14(19)16-12(8-13(17)18)11-6-7-11/h9-12H,4-8H2,1-3H3,(H,17,18)(H2,15,16,19). The Labute approximate surface area is 115 Å². The monoisotopic (exact) mass is 270 g/mol. The van der Waals surface area contributed by atoms with Gasteiger partial charge in [-0.25, -0.2) is 4.79 Å². The van der Waals surface area contributed by atoms with Crippen LogP contribution in [0.15, 0.2) is 0 Å². The molecule has 19 heavy (non-hydrogen) atoms. The molecule has 1 rings (SSSR count). The van der Waals surface area contributed by atoms with Gasteiger partial charge in [0.05, 0.1) is 6.42 Å². The van der Waals surface area contributed by atoms with E-state index in [9.17, 15) is 9.59 Å². The number of hydrogen-bond acceptors (Lipinski definition) is 2. The Morgan fingerprint density at radius 1 is 1.21 bits per heavy atom. The molecule has 2 unspecified atom stereocenters. The second-order valence-corrected chi connectivity index (χ2v) is 5.52. The van der Waals surface area contributed by atoms with Crippen LogP contribution >= 0.6 is 0 Å². The van der Waals surface area contributed by atoms with Crippen molar-refractivity contribution in [1.82, 2.24) is 10.6 Å². The van der Waals surface area contributed by atoms with Crippen LogP contribution in [0.3, 0.4) is 0 Å². The highest BCUT2D eigenvalue weighted by atomic mass is 16.4. The zero-order valence-electron chi connectivity index (χ0n) is 12.1. The third kappa shape index (κ3) is 5.49. The SMILES string of the molecule is CCC(CC)C(C)NC(=O)NC(CC(=O)O)C1CC1. The maximum atomic E-state index is 11.9. The average Bonchev–Trinajstić information content (AvgIpc) is 3.12. The van der Waals surface area contributed by atoms with E-state index in [1.165, 1.54) is 0 Å². The number of hydrogen-bond donors (Lipinski definition) is 3. The highest BCUT2D eigenvalue weighted by Gasteiger charge is 2.34. The molecule has 2 amide bonds. The molecule has 0 spiro atoms. The molecular formula is C14H26N2O3. The maximum absolute atomic E-state index is 11.9. The van der Waals surface area contributed by atoms with Crippen LogP contribution in [-0.4, -0.2) is 29.2 Å². The van der Waals surface area contributed by atoms with Crippen LogP contribution in [0, 0.1) is 11.8 Å². The summed E-state index contributed by atoms with van der Waals surface area (Å²) in [6.45, 7) is 6.23. The Hall–Kier alpha value is -1.26. The molecule has 0 aliphatic heterocycles. The van der Waals surface area contributed by atoms with E-state index in [-0.39, 0.29) is 24.5 Å². The largest absolute Gasteiger partial charge is 0.481 e. The van der Waals surface area contributed by atoms with Crippen LogP contribution in [0.4, 0.5) is 4.79 Å². The molecule has 5 heteroatoms. The molecule has 2 atom stereocenters. The first-order chi connectivity index (χ1) is 8.97. The Morgan fingerprint density at radius 2 is 1.79 bits per heavy atom. The van der Waals surface area contributed by atoms with Gasteiger partial charge in [0.1, 0.15) is 0 Å². The molecule has 0 aromatic carbocycles. The van der Waals surface area contributed by atoms with E-state index in [2.05, 4.69) is 24.5 Å². The van der Waals surface area contributed by atoms with E-state index in [0.717, 1.165) is 25.7 Å². The van der Waals surface area contributed by atoms with Gasteiger partial charge in [-0.15, -0.1) is 0 Å². The summed E-state index contributed by atoms with van der Waals surface area (Å²) in [6, 6.07) is -0.358. The highest BCUT2D eigenvalue weighted by Crippen LogP contribution is 2.34. The van der Waals surface area contributed by atoms with Gasteiger partial charge < -0.3 is 15.7 Å². The van der Waals surface area contributed by atoms with E-state index < -0.39 is 5.97 Å². The number of urea groups is 1. The van der Waals surface area contributed by atoms with Crippen molar-refractivity contribution in [3.8, 4) is 0 Å². The summed E-state index contributed by atoms with van der Waals surface area (Å²) in [4.78, 5) is 22.7. The minimum Gasteiger partial charge on any atom is -0.481 e. The number of carbonyl (C=O) groups excluding carboxylic acids is 1. The van der Waals surface area contributed by atoms with Gasteiger partial charge in [-0.05, 0) is 31.6 Å². The summed E-state index contributed by atoms with van der Waals surface area (Å²) in [7, 11) is 0. The van der Waals surface area contributed by atoms with Crippen LogP contribution in [0.25, 0.3) is 0 Å². The average molecular weight is 270 g/mol.